The molecule has 3 aromatic carbocycles. The normalized spacial score (nSPS) is 17.4. The van der Waals surface area contributed by atoms with Crippen molar-refractivity contribution in [3.8, 4) is 17.2 Å². The molecular weight excluding hydrogens is 508 g/mol. The van der Waals surface area contributed by atoms with Crippen molar-refractivity contribution in [3.63, 3.8) is 0 Å². The highest BCUT2D eigenvalue weighted by Crippen LogP contribution is 2.28. The first-order valence-electron chi connectivity index (χ1n) is 12.3. The van der Waals surface area contributed by atoms with Crippen LogP contribution in [0.25, 0.3) is 0 Å². The van der Waals surface area contributed by atoms with Crippen molar-refractivity contribution in [2.75, 3.05) is 11.6 Å². The molecule has 0 radical (unpaired) electrons. The van der Waals surface area contributed by atoms with Crippen LogP contribution in [0, 0.1) is 0 Å². The zero-order valence-corrected chi connectivity index (χ0v) is 21.7. The molecule has 3 N–H and O–H groups in total. The minimum absolute atomic E-state index is 0.0324. The van der Waals surface area contributed by atoms with E-state index in [0.717, 1.165) is 37.0 Å². The van der Waals surface area contributed by atoms with Crippen LogP contribution < -0.4 is 19.5 Å². The first-order valence-corrected chi connectivity index (χ1v) is 14.2. The topological polar surface area (TPSA) is 131 Å². The highest BCUT2D eigenvalue weighted by atomic mass is 32.2. The van der Waals surface area contributed by atoms with Gasteiger partial charge in [-0.2, -0.15) is 0 Å². The van der Waals surface area contributed by atoms with Crippen molar-refractivity contribution in [1.82, 2.24) is 4.72 Å². The molecule has 0 heterocycles. The van der Waals surface area contributed by atoms with E-state index in [-0.39, 0.29) is 35.7 Å². The van der Waals surface area contributed by atoms with Gasteiger partial charge in [0.1, 0.15) is 17.2 Å². The fraction of sp³-hybridized carbons (Fsp3) is 0.286. The molecule has 9 nitrogen and oxygen atoms in total. The number of anilines is 1. The molecule has 0 spiro atoms. The molecule has 1 fully saturated rings. The number of sulfonamides is 1. The van der Waals surface area contributed by atoms with Gasteiger partial charge in [0.05, 0.1) is 30.0 Å². The summed E-state index contributed by atoms with van der Waals surface area (Å²) < 4.78 is 37.4. The number of para-hydroxylation sites is 1. The predicted molar refractivity (Wildman–Crippen MR) is 143 cm³/mol. The van der Waals surface area contributed by atoms with Gasteiger partial charge in [-0.15, -0.1) is 0 Å². The number of rotatable bonds is 10. The molecule has 10 heteroatoms. The Morgan fingerprint density at radius 2 is 1.45 bits per heavy atom. The summed E-state index contributed by atoms with van der Waals surface area (Å²) in [5, 5.41) is 11.9. The van der Waals surface area contributed by atoms with Crippen LogP contribution in [0.1, 0.15) is 41.6 Å². The lowest BCUT2D eigenvalue weighted by molar-refractivity contribution is -0.115. The molecule has 1 aliphatic carbocycles. The van der Waals surface area contributed by atoms with Gasteiger partial charge in [-0.25, -0.2) is 17.9 Å². The molecule has 1 saturated carbocycles. The van der Waals surface area contributed by atoms with Crippen LogP contribution in [0.2, 0.25) is 0 Å². The van der Waals surface area contributed by atoms with E-state index in [4.69, 9.17) is 9.47 Å². The van der Waals surface area contributed by atoms with E-state index in [1.807, 2.05) is 24.3 Å². The van der Waals surface area contributed by atoms with E-state index in [0.29, 0.717) is 11.5 Å². The van der Waals surface area contributed by atoms with Crippen molar-refractivity contribution in [2.45, 2.75) is 44.2 Å². The number of carboxylic acid groups (broad SMARTS) is 1. The van der Waals surface area contributed by atoms with Crippen molar-refractivity contribution < 1.29 is 32.6 Å². The molecule has 1 amide bonds. The maximum absolute atomic E-state index is 12.4. The second kappa shape index (κ2) is 12.1. The second-order valence-corrected chi connectivity index (χ2v) is 11.1. The summed E-state index contributed by atoms with van der Waals surface area (Å²) in [6.45, 7) is 0. The van der Waals surface area contributed by atoms with Crippen LogP contribution in [0.4, 0.5) is 5.69 Å². The Morgan fingerprint density at radius 1 is 0.868 bits per heavy atom. The lowest BCUT2D eigenvalue weighted by Crippen LogP contribution is -2.39. The van der Waals surface area contributed by atoms with E-state index < -0.39 is 16.0 Å². The summed E-state index contributed by atoms with van der Waals surface area (Å²) in [4.78, 5) is 23.7. The third-order valence-corrected chi connectivity index (χ3v) is 6.90. The largest absolute Gasteiger partial charge is 0.490 e. The number of carbonyl (C=O) groups is 2. The second-order valence-electron chi connectivity index (χ2n) is 9.27. The quantitative estimate of drug-likeness (QED) is 0.344. The van der Waals surface area contributed by atoms with Crippen LogP contribution in [0.15, 0.2) is 72.8 Å². The average molecular weight is 539 g/mol. The molecule has 0 unspecified atom stereocenters. The Balaban J connectivity index is 1.25. The number of benzene rings is 3. The minimum Gasteiger partial charge on any atom is -0.490 e. The molecular formula is C28H30N2O7S. The summed E-state index contributed by atoms with van der Waals surface area (Å²) >= 11 is 0. The monoisotopic (exact) mass is 538 g/mol. The van der Waals surface area contributed by atoms with Crippen molar-refractivity contribution >= 4 is 27.6 Å². The zero-order chi connectivity index (χ0) is 27.1. The molecule has 1 aliphatic rings. The molecule has 0 aromatic heterocycles. The van der Waals surface area contributed by atoms with Gasteiger partial charge < -0.3 is 19.9 Å². The summed E-state index contributed by atoms with van der Waals surface area (Å²) in [5.74, 6) is 0.546. The lowest BCUT2D eigenvalue weighted by Gasteiger charge is -2.29. The standard InChI is InChI=1S/C28H30N2O7S/c1-38(34,35)30-20-8-12-22(13-9-20)37-24-16-14-23(15-17-24)36-21-10-6-19(7-11-21)18-27(31)29-26-5-3-2-4-25(26)28(32)33/h2-7,10-11,14-17,20,22,30H,8-9,12-13,18H2,1H3,(H,29,31)(H,32,33). The fourth-order valence-corrected chi connectivity index (χ4v) is 5.19. The predicted octanol–water partition coefficient (Wildman–Crippen LogP) is 4.60. The average Bonchev–Trinajstić information content (AvgIpc) is 2.87. The van der Waals surface area contributed by atoms with E-state index in [1.165, 1.54) is 12.3 Å². The third-order valence-electron chi connectivity index (χ3n) is 6.14. The highest BCUT2D eigenvalue weighted by Gasteiger charge is 2.24. The first-order chi connectivity index (χ1) is 18.1. The van der Waals surface area contributed by atoms with Crippen LogP contribution in [-0.2, 0) is 21.2 Å². The van der Waals surface area contributed by atoms with E-state index in [2.05, 4.69) is 10.0 Å². The molecule has 38 heavy (non-hydrogen) atoms. The van der Waals surface area contributed by atoms with Gasteiger partial charge in [0.25, 0.3) is 0 Å². The summed E-state index contributed by atoms with van der Waals surface area (Å²) in [7, 11) is -3.19. The summed E-state index contributed by atoms with van der Waals surface area (Å²) in [5.41, 5.74) is 1.05. The van der Waals surface area contributed by atoms with E-state index in [9.17, 15) is 23.1 Å². The van der Waals surface area contributed by atoms with Crippen LogP contribution in [-0.4, -0.2) is 43.8 Å². The van der Waals surface area contributed by atoms with Crippen molar-refractivity contribution in [3.05, 3.63) is 83.9 Å². The van der Waals surface area contributed by atoms with Gasteiger partial charge in [0.2, 0.25) is 15.9 Å². The van der Waals surface area contributed by atoms with Gasteiger partial charge in [-0.05, 0) is 79.8 Å². The number of aromatic carboxylic acids is 1. The van der Waals surface area contributed by atoms with Gasteiger partial charge in [0.15, 0.2) is 0 Å². The van der Waals surface area contributed by atoms with Crippen LogP contribution in [0.5, 0.6) is 17.2 Å². The Hall–Kier alpha value is -3.89. The third kappa shape index (κ3) is 8.06. The number of nitrogens with one attached hydrogen (secondary N) is 2. The van der Waals surface area contributed by atoms with Gasteiger partial charge in [0, 0.05) is 6.04 Å². The van der Waals surface area contributed by atoms with Gasteiger partial charge in [-0.3, -0.25) is 4.79 Å². The molecule has 0 aliphatic heterocycles. The molecule has 200 valence electrons. The molecule has 4 rings (SSSR count). The van der Waals surface area contributed by atoms with E-state index in [1.54, 1.807) is 42.5 Å². The maximum Gasteiger partial charge on any atom is 0.337 e. The highest BCUT2D eigenvalue weighted by molar-refractivity contribution is 7.88. The first kappa shape index (κ1) is 27.2. The molecule has 0 bridgehead atoms. The zero-order valence-electron chi connectivity index (χ0n) is 20.9. The fourth-order valence-electron chi connectivity index (χ4n) is 4.35. The summed E-state index contributed by atoms with van der Waals surface area (Å²) in [6, 6.07) is 20.6. The lowest BCUT2D eigenvalue weighted by atomic mass is 9.94. The summed E-state index contributed by atoms with van der Waals surface area (Å²) in [6.07, 6.45) is 4.36. The Labute approximate surface area is 221 Å². The molecule has 0 saturated heterocycles. The Morgan fingerprint density at radius 3 is 2.05 bits per heavy atom. The van der Waals surface area contributed by atoms with Crippen molar-refractivity contribution in [1.29, 1.82) is 0 Å². The SMILES string of the molecule is CS(=O)(=O)NC1CCC(Oc2ccc(Oc3ccc(CC(=O)Nc4ccccc4C(=O)O)cc3)cc2)CC1. The smallest absolute Gasteiger partial charge is 0.337 e. The number of amides is 1. The molecule has 0 atom stereocenters. The van der Waals surface area contributed by atoms with Gasteiger partial charge in [-0.1, -0.05) is 24.3 Å². The van der Waals surface area contributed by atoms with E-state index >= 15 is 0 Å². The van der Waals surface area contributed by atoms with Crippen LogP contribution in [0.3, 0.4) is 0 Å². The van der Waals surface area contributed by atoms with Crippen LogP contribution >= 0.6 is 0 Å². The van der Waals surface area contributed by atoms with Gasteiger partial charge >= 0.3 is 5.97 Å². The number of ether oxygens (including phenoxy) is 2. The number of carboxylic acids is 1. The van der Waals surface area contributed by atoms with Crippen molar-refractivity contribution in [2.24, 2.45) is 0 Å². The Kier molecular flexibility index (Phi) is 8.65. The number of hydrogen-bond donors (Lipinski definition) is 3. The maximum atomic E-state index is 12.4. The molecule has 3 aromatic rings. The minimum atomic E-state index is -3.19. The number of hydrogen-bond acceptors (Lipinski definition) is 6. The number of carbonyl (C=O) groups excluding carboxylic acids is 1. The Bertz CT molecular complexity index is 1370.